The number of rotatable bonds is 5. The Bertz CT molecular complexity index is 1310. The average Bonchev–Trinajstić information content (AvgIpc) is 3.24. The topological polar surface area (TPSA) is 64.2 Å². The Morgan fingerprint density at radius 1 is 1.21 bits per heavy atom. The first-order valence-electron chi connectivity index (χ1n) is 11.5. The van der Waals surface area contributed by atoms with Crippen molar-refractivity contribution in [3.8, 4) is 11.3 Å². The van der Waals surface area contributed by atoms with Crippen LogP contribution < -0.4 is 5.56 Å². The Morgan fingerprint density at radius 3 is 2.70 bits per heavy atom. The van der Waals surface area contributed by atoms with Crippen LogP contribution in [0.3, 0.4) is 0 Å². The number of pyridine rings is 1. The molecule has 0 spiro atoms. The lowest BCUT2D eigenvalue weighted by atomic mass is 9.99. The summed E-state index contributed by atoms with van der Waals surface area (Å²) in [4.78, 5) is 24.1. The van der Waals surface area contributed by atoms with Gasteiger partial charge in [-0.3, -0.25) is 14.3 Å². The highest BCUT2D eigenvalue weighted by atomic mass is 16.3. The number of aromatic nitrogens is 3. The van der Waals surface area contributed by atoms with Crippen LogP contribution in [0.25, 0.3) is 16.9 Å². The van der Waals surface area contributed by atoms with Crippen molar-refractivity contribution in [1.29, 1.82) is 0 Å². The van der Waals surface area contributed by atoms with Crippen molar-refractivity contribution in [2.75, 3.05) is 6.54 Å². The zero-order valence-electron chi connectivity index (χ0n) is 20.4. The molecule has 6 nitrogen and oxygen atoms in total. The van der Waals surface area contributed by atoms with Gasteiger partial charge >= 0.3 is 0 Å². The SMILES string of the molecule is CC/C=C(/C(C)=C(/C)c1nc(C)cc(=O)n1C)N1CCc2ncc(-c3ccc(C)o3)cc2C1. The van der Waals surface area contributed by atoms with Crippen LogP contribution in [-0.2, 0) is 20.0 Å². The predicted octanol–water partition coefficient (Wildman–Crippen LogP) is 5.20. The highest BCUT2D eigenvalue weighted by molar-refractivity contribution is 5.66. The Hall–Kier alpha value is -3.41. The van der Waals surface area contributed by atoms with E-state index in [9.17, 15) is 4.79 Å². The molecule has 172 valence electrons. The number of furan rings is 1. The average molecular weight is 445 g/mol. The van der Waals surface area contributed by atoms with Gasteiger partial charge in [0, 0.05) is 61.5 Å². The molecule has 0 N–H and O–H groups in total. The summed E-state index contributed by atoms with van der Waals surface area (Å²) in [5, 5.41) is 0. The normalized spacial score (nSPS) is 14.8. The summed E-state index contributed by atoms with van der Waals surface area (Å²) in [7, 11) is 1.78. The first-order chi connectivity index (χ1) is 15.8. The van der Waals surface area contributed by atoms with Crippen molar-refractivity contribution < 1.29 is 4.42 Å². The van der Waals surface area contributed by atoms with E-state index in [4.69, 9.17) is 9.40 Å². The van der Waals surface area contributed by atoms with Crippen molar-refractivity contribution >= 4 is 5.57 Å². The molecule has 0 aromatic carbocycles. The number of hydrogen-bond donors (Lipinski definition) is 0. The maximum absolute atomic E-state index is 12.3. The summed E-state index contributed by atoms with van der Waals surface area (Å²) in [6.07, 6.45) is 5.99. The fraction of sp³-hybridized carbons (Fsp3) is 0.370. The molecule has 0 radical (unpaired) electrons. The van der Waals surface area contributed by atoms with E-state index in [-0.39, 0.29) is 5.56 Å². The molecule has 0 aliphatic carbocycles. The molecule has 3 aromatic rings. The van der Waals surface area contributed by atoms with Crippen LogP contribution in [0.4, 0.5) is 0 Å². The molecule has 3 aromatic heterocycles. The lowest BCUT2D eigenvalue weighted by Crippen LogP contribution is -2.31. The van der Waals surface area contributed by atoms with Crippen LogP contribution in [0.5, 0.6) is 0 Å². The number of aryl methyl sites for hydroxylation is 2. The molecule has 0 saturated carbocycles. The van der Waals surface area contributed by atoms with Crippen LogP contribution in [0, 0.1) is 13.8 Å². The predicted molar refractivity (Wildman–Crippen MR) is 132 cm³/mol. The third-order valence-corrected chi connectivity index (χ3v) is 6.35. The molecule has 0 atom stereocenters. The molecule has 0 amide bonds. The van der Waals surface area contributed by atoms with Gasteiger partial charge in [0.05, 0.1) is 0 Å². The molecule has 0 fully saturated rings. The zero-order chi connectivity index (χ0) is 23.7. The second kappa shape index (κ2) is 9.22. The van der Waals surface area contributed by atoms with Gasteiger partial charge in [0.2, 0.25) is 0 Å². The summed E-state index contributed by atoms with van der Waals surface area (Å²) in [5.41, 5.74) is 7.42. The molecule has 6 heteroatoms. The number of fused-ring (bicyclic) bond motifs is 1. The second-order valence-electron chi connectivity index (χ2n) is 8.78. The number of allylic oxidation sites excluding steroid dienone is 3. The molecule has 0 bridgehead atoms. The quantitative estimate of drug-likeness (QED) is 0.506. The van der Waals surface area contributed by atoms with Gasteiger partial charge in [-0.1, -0.05) is 13.0 Å². The first-order valence-corrected chi connectivity index (χ1v) is 11.5. The van der Waals surface area contributed by atoms with Crippen LogP contribution in [0.1, 0.15) is 55.7 Å². The number of nitrogens with zero attached hydrogens (tertiary/aromatic N) is 4. The largest absolute Gasteiger partial charge is 0.461 e. The van der Waals surface area contributed by atoms with Gasteiger partial charge in [0.15, 0.2) is 0 Å². The van der Waals surface area contributed by atoms with Crippen molar-refractivity contribution in [2.45, 2.75) is 54.0 Å². The summed E-state index contributed by atoms with van der Waals surface area (Å²) in [6.45, 7) is 11.8. The Morgan fingerprint density at radius 2 is 2.00 bits per heavy atom. The summed E-state index contributed by atoms with van der Waals surface area (Å²) >= 11 is 0. The third-order valence-electron chi connectivity index (χ3n) is 6.35. The Kier molecular flexibility index (Phi) is 6.36. The molecular formula is C27H32N4O2. The highest BCUT2D eigenvalue weighted by Gasteiger charge is 2.22. The molecule has 4 heterocycles. The molecule has 0 saturated heterocycles. The second-order valence-corrected chi connectivity index (χ2v) is 8.78. The molecular weight excluding hydrogens is 412 g/mol. The van der Waals surface area contributed by atoms with Crippen LogP contribution in [-0.4, -0.2) is 26.0 Å². The summed E-state index contributed by atoms with van der Waals surface area (Å²) < 4.78 is 7.44. The van der Waals surface area contributed by atoms with Gasteiger partial charge in [-0.2, -0.15) is 0 Å². The van der Waals surface area contributed by atoms with E-state index >= 15 is 0 Å². The van der Waals surface area contributed by atoms with Gasteiger partial charge in [-0.25, -0.2) is 4.98 Å². The Balaban J connectivity index is 1.70. The van der Waals surface area contributed by atoms with E-state index < -0.39 is 0 Å². The van der Waals surface area contributed by atoms with Gasteiger partial charge in [-0.15, -0.1) is 0 Å². The monoisotopic (exact) mass is 444 g/mol. The lowest BCUT2D eigenvalue weighted by Gasteiger charge is -2.33. The third kappa shape index (κ3) is 4.56. The maximum Gasteiger partial charge on any atom is 0.253 e. The minimum Gasteiger partial charge on any atom is -0.461 e. The summed E-state index contributed by atoms with van der Waals surface area (Å²) in [6, 6.07) is 7.75. The smallest absolute Gasteiger partial charge is 0.253 e. The number of hydrogen-bond acceptors (Lipinski definition) is 5. The van der Waals surface area contributed by atoms with E-state index in [0.717, 1.165) is 65.5 Å². The first kappa shape index (κ1) is 22.8. The van der Waals surface area contributed by atoms with E-state index in [1.54, 1.807) is 17.7 Å². The fourth-order valence-electron chi connectivity index (χ4n) is 4.42. The standard InChI is InChI=1S/C27H32N4O2/c1-7-8-24(19(4)20(5)27-29-17(2)13-26(32)30(27)6)31-12-11-23-22(16-31)14-21(15-28-23)25-10-9-18(3)33-25/h8-10,13-15H,7,11-12,16H2,1-6H3/b20-19-,24-8-. The minimum atomic E-state index is -0.0377. The molecule has 0 unspecified atom stereocenters. The van der Waals surface area contributed by atoms with E-state index in [1.165, 1.54) is 11.3 Å². The van der Waals surface area contributed by atoms with E-state index in [2.05, 4.69) is 42.8 Å². The molecule has 33 heavy (non-hydrogen) atoms. The van der Waals surface area contributed by atoms with Crippen molar-refractivity contribution in [1.82, 2.24) is 19.4 Å². The van der Waals surface area contributed by atoms with Gasteiger partial charge in [0.25, 0.3) is 5.56 Å². The van der Waals surface area contributed by atoms with Gasteiger partial charge in [-0.05, 0) is 69.0 Å². The van der Waals surface area contributed by atoms with Crippen molar-refractivity contribution in [2.24, 2.45) is 7.05 Å². The van der Waals surface area contributed by atoms with Crippen molar-refractivity contribution in [3.05, 3.63) is 86.7 Å². The maximum atomic E-state index is 12.3. The molecule has 4 rings (SSSR count). The molecule has 1 aliphatic heterocycles. The zero-order valence-corrected chi connectivity index (χ0v) is 20.4. The summed E-state index contributed by atoms with van der Waals surface area (Å²) in [5.74, 6) is 2.46. The Labute approximate surface area is 195 Å². The highest BCUT2D eigenvalue weighted by Crippen LogP contribution is 2.31. The van der Waals surface area contributed by atoms with E-state index in [0.29, 0.717) is 5.82 Å². The van der Waals surface area contributed by atoms with Gasteiger partial charge in [0.1, 0.15) is 17.3 Å². The molecule has 1 aliphatic rings. The lowest BCUT2D eigenvalue weighted by molar-refractivity contribution is 0.324. The van der Waals surface area contributed by atoms with Crippen molar-refractivity contribution in [3.63, 3.8) is 0 Å². The van der Waals surface area contributed by atoms with E-state index in [1.807, 2.05) is 32.2 Å². The van der Waals surface area contributed by atoms with Crippen LogP contribution in [0.2, 0.25) is 0 Å². The minimum absolute atomic E-state index is 0.0377. The van der Waals surface area contributed by atoms with Crippen LogP contribution >= 0.6 is 0 Å². The van der Waals surface area contributed by atoms with Gasteiger partial charge < -0.3 is 9.32 Å². The van der Waals surface area contributed by atoms with Crippen LogP contribution in [0.15, 0.2) is 57.0 Å². The fourth-order valence-corrected chi connectivity index (χ4v) is 4.42.